The van der Waals surface area contributed by atoms with Crippen molar-refractivity contribution >= 4 is 41.8 Å². The van der Waals surface area contributed by atoms with Crippen LogP contribution in [0, 0.1) is 12.8 Å². The number of carbonyl (C=O) groups excluding carboxylic acids is 1. The van der Waals surface area contributed by atoms with Crippen LogP contribution in [0.3, 0.4) is 0 Å². The third-order valence-corrected chi connectivity index (χ3v) is 4.99. The zero-order valence-corrected chi connectivity index (χ0v) is 17.2. The Morgan fingerprint density at radius 3 is 2.69 bits per heavy atom. The van der Waals surface area contributed by atoms with Crippen molar-refractivity contribution in [2.75, 3.05) is 26.2 Å². The summed E-state index contributed by atoms with van der Waals surface area (Å²) in [7, 11) is 0. The molecule has 1 fully saturated rings. The first-order valence-electron chi connectivity index (χ1n) is 9.10. The van der Waals surface area contributed by atoms with E-state index in [0.29, 0.717) is 18.8 Å². The van der Waals surface area contributed by atoms with Crippen molar-refractivity contribution in [1.29, 1.82) is 0 Å². The van der Waals surface area contributed by atoms with Gasteiger partial charge in [-0.05, 0) is 50.4 Å². The lowest BCUT2D eigenvalue weighted by Gasteiger charge is -2.32. The Balaban J connectivity index is 0.00000169. The second kappa shape index (κ2) is 10.8. The molecule has 1 amide bonds. The summed E-state index contributed by atoms with van der Waals surface area (Å²) in [5, 5.41) is 3.41. The number of piperidine rings is 1. The predicted molar refractivity (Wildman–Crippen MR) is 111 cm³/mol. The van der Waals surface area contributed by atoms with Gasteiger partial charge in [-0.1, -0.05) is 19.1 Å². The molecule has 0 unspecified atom stereocenters. The molecule has 146 valence electrons. The van der Waals surface area contributed by atoms with E-state index in [9.17, 15) is 4.79 Å². The second-order valence-electron chi connectivity index (χ2n) is 6.79. The molecule has 0 aliphatic carbocycles. The summed E-state index contributed by atoms with van der Waals surface area (Å²) in [5.74, 6) is 1.89. The molecule has 1 aliphatic rings. The summed E-state index contributed by atoms with van der Waals surface area (Å²) in [4.78, 5) is 22.4. The fraction of sp³-hybridized carbons (Fsp3) is 0.579. The number of aryl methyl sites for hydroxylation is 2. The molecule has 0 bridgehead atoms. The average Bonchev–Trinajstić information content (AvgIpc) is 3.03. The number of aromatic nitrogens is 2. The van der Waals surface area contributed by atoms with Crippen molar-refractivity contribution in [3.8, 4) is 0 Å². The summed E-state index contributed by atoms with van der Waals surface area (Å²) < 4.78 is 0. The monoisotopic (exact) mass is 400 g/mol. The summed E-state index contributed by atoms with van der Waals surface area (Å²) in [6.45, 7) is 8.10. The number of imidazole rings is 1. The van der Waals surface area contributed by atoms with Crippen LogP contribution in [0.4, 0.5) is 0 Å². The number of nitrogens with zero attached hydrogens (tertiary/aromatic N) is 2. The second-order valence-corrected chi connectivity index (χ2v) is 6.79. The van der Waals surface area contributed by atoms with Crippen LogP contribution in [-0.4, -0.2) is 47.0 Å². The fourth-order valence-corrected chi connectivity index (χ4v) is 3.46. The van der Waals surface area contributed by atoms with Crippen molar-refractivity contribution < 1.29 is 4.79 Å². The van der Waals surface area contributed by atoms with Gasteiger partial charge in [0, 0.05) is 25.9 Å². The largest absolute Gasteiger partial charge is 0.343 e. The van der Waals surface area contributed by atoms with Crippen LogP contribution >= 0.6 is 24.8 Å². The van der Waals surface area contributed by atoms with E-state index in [1.807, 2.05) is 17.0 Å². The van der Waals surface area contributed by atoms with Gasteiger partial charge in [-0.25, -0.2) is 4.98 Å². The van der Waals surface area contributed by atoms with Crippen molar-refractivity contribution in [2.45, 2.75) is 39.5 Å². The maximum absolute atomic E-state index is 12.4. The van der Waals surface area contributed by atoms with E-state index in [2.05, 4.69) is 35.2 Å². The van der Waals surface area contributed by atoms with Gasteiger partial charge in [0.15, 0.2) is 0 Å². The zero-order valence-electron chi connectivity index (χ0n) is 15.6. The van der Waals surface area contributed by atoms with Gasteiger partial charge in [-0.15, -0.1) is 24.8 Å². The van der Waals surface area contributed by atoms with Crippen LogP contribution in [0.15, 0.2) is 18.2 Å². The molecule has 26 heavy (non-hydrogen) atoms. The highest BCUT2D eigenvalue weighted by molar-refractivity contribution is 5.85. The molecule has 0 spiro atoms. The number of nitrogens with one attached hydrogen (secondary N) is 2. The number of likely N-dealkylation sites (tertiary alicyclic amines) is 1. The number of hydrogen-bond acceptors (Lipinski definition) is 3. The lowest BCUT2D eigenvalue weighted by atomic mass is 9.96. The minimum absolute atomic E-state index is 0. The highest BCUT2D eigenvalue weighted by atomic mass is 35.5. The van der Waals surface area contributed by atoms with Gasteiger partial charge in [0.25, 0.3) is 0 Å². The number of rotatable bonds is 6. The first-order chi connectivity index (χ1) is 11.7. The first kappa shape index (κ1) is 22.7. The Morgan fingerprint density at radius 2 is 2.04 bits per heavy atom. The quantitative estimate of drug-likeness (QED) is 0.779. The van der Waals surface area contributed by atoms with E-state index in [4.69, 9.17) is 0 Å². The van der Waals surface area contributed by atoms with Gasteiger partial charge < -0.3 is 15.2 Å². The van der Waals surface area contributed by atoms with E-state index in [-0.39, 0.29) is 30.7 Å². The summed E-state index contributed by atoms with van der Waals surface area (Å²) in [6.07, 6.45) is 3.45. The Morgan fingerprint density at radius 1 is 1.31 bits per heavy atom. The van der Waals surface area contributed by atoms with Gasteiger partial charge in [-0.3, -0.25) is 4.79 Å². The molecular weight excluding hydrogens is 371 g/mol. The van der Waals surface area contributed by atoms with Crippen molar-refractivity contribution in [3.05, 3.63) is 29.6 Å². The molecule has 1 aromatic heterocycles. The van der Waals surface area contributed by atoms with E-state index < -0.39 is 0 Å². The third-order valence-electron chi connectivity index (χ3n) is 4.99. The van der Waals surface area contributed by atoms with Crippen LogP contribution in [0.1, 0.15) is 37.6 Å². The molecule has 1 saturated heterocycles. The molecule has 2 aromatic rings. The molecule has 1 aromatic carbocycles. The maximum Gasteiger partial charge on any atom is 0.223 e. The van der Waals surface area contributed by atoms with E-state index in [1.54, 1.807) is 0 Å². The highest BCUT2D eigenvalue weighted by Gasteiger charge is 2.22. The van der Waals surface area contributed by atoms with Gasteiger partial charge in [0.2, 0.25) is 5.91 Å². The predicted octanol–water partition coefficient (Wildman–Crippen LogP) is 3.50. The minimum atomic E-state index is 0. The molecule has 3 rings (SSSR count). The Bertz CT molecular complexity index is 696. The maximum atomic E-state index is 12.4. The van der Waals surface area contributed by atoms with Gasteiger partial charge in [0.1, 0.15) is 5.82 Å². The van der Waals surface area contributed by atoms with Crippen LogP contribution < -0.4 is 5.32 Å². The minimum Gasteiger partial charge on any atom is -0.343 e. The summed E-state index contributed by atoms with van der Waals surface area (Å²) in [5.41, 5.74) is 3.25. The van der Waals surface area contributed by atoms with Crippen LogP contribution in [-0.2, 0) is 11.2 Å². The third kappa shape index (κ3) is 5.60. The topological polar surface area (TPSA) is 61.0 Å². The van der Waals surface area contributed by atoms with Crippen molar-refractivity contribution in [1.82, 2.24) is 20.2 Å². The van der Waals surface area contributed by atoms with Crippen molar-refractivity contribution in [3.63, 3.8) is 0 Å². The average molecular weight is 401 g/mol. The summed E-state index contributed by atoms with van der Waals surface area (Å²) in [6, 6.07) is 6.13. The SMILES string of the molecule is CCNCC1CCN(C(=O)CCc2nc3c(C)cccc3[nH]2)CC1.Cl.Cl. The number of amides is 1. The number of benzene rings is 1. The van der Waals surface area contributed by atoms with Crippen molar-refractivity contribution in [2.24, 2.45) is 5.92 Å². The molecule has 2 N–H and O–H groups in total. The smallest absolute Gasteiger partial charge is 0.223 e. The van der Waals surface area contributed by atoms with Crippen LogP contribution in [0.25, 0.3) is 11.0 Å². The fourth-order valence-electron chi connectivity index (χ4n) is 3.46. The number of carbonyl (C=O) groups is 1. The molecular formula is C19H30Cl2N4O. The molecule has 0 atom stereocenters. The highest BCUT2D eigenvalue weighted by Crippen LogP contribution is 2.19. The zero-order chi connectivity index (χ0) is 16.9. The van der Waals surface area contributed by atoms with Crippen LogP contribution in [0.5, 0.6) is 0 Å². The first-order valence-corrected chi connectivity index (χ1v) is 9.10. The van der Waals surface area contributed by atoms with E-state index in [1.165, 1.54) is 5.56 Å². The molecule has 7 heteroatoms. The lowest BCUT2D eigenvalue weighted by molar-refractivity contribution is -0.132. The number of aromatic amines is 1. The number of para-hydroxylation sites is 1. The molecule has 0 saturated carbocycles. The normalized spacial score (nSPS) is 14.8. The molecule has 5 nitrogen and oxygen atoms in total. The molecule has 0 radical (unpaired) electrons. The standard InChI is InChI=1S/C19H28N4O.2ClH/c1-3-20-13-15-9-11-23(12-10-15)18(24)8-7-17-21-16-6-4-5-14(2)19(16)22-17;;/h4-6,15,20H,3,7-13H2,1-2H3,(H,21,22);2*1H. The van der Waals surface area contributed by atoms with Gasteiger partial charge in [-0.2, -0.15) is 0 Å². The van der Waals surface area contributed by atoms with E-state index >= 15 is 0 Å². The number of hydrogen-bond donors (Lipinski definition) is 2. The number of H-pyrrole nitrogens is 1. The number of fused-ring (bicyclic) bond motifs is 1. The Hall–Kier alpha value is -1.30. The molecule has 1 aliphatic heterocycles. The van der Waals surface area contributed by atoms with Crippen LogP contribution in [0.2, 0.25) is 0 Å². The lowest BCUT2D eigenvalue weighted by Crippen LogP contribution is -2.40. The van der Waals surface area contributed by atoms with E-state index in [0.717, 1.165) is 55.9 Å². The molecule has 2 heterocycles. The Labute approximate surface area is 168 Å². The Kier molecular flexibility index (Phi) is 9.41. The van der Waals surface area contributed by atoms with Gasteiger partial charge >= 0.3 is 0 Å². The van der Waals surface area contributed by atoms with Gasteiger partial charge in [0.05, 0.1) is 11.0 Å². The number of halogens is 2. The summed E-state index contributed by atoms with van der Waals surface area (Å²) >= 11 is 0.